The second kappa shape index (κ2) is 4.56. The molecule has 1 atom stereocenters. The number of nitrogens with one attached hydrogen (secondary N) is 1. The minimum Gasteiger partial charge on any atom is -0.342 e. The summed E-state index contributed by atoms with van der Waals surface area (Å²) in [7, 11) is 0. The first-order valence-corrected chi connectivity index (χ1v) is 6.45. The quantitative estimate of drug-likeness (QED) is 0.867. The second-order valence-corrected chi connectivity index (χ2v) is 5.17. The van der Waals surface area contributed by atoms with Gasteiger partial charge in [-0.15, -0.1) is 0 Å². The molecule has 0 saturated carbocycles. The highest BCUT2D eigenvalue weighted by Gasteiger charge is 2.40. The van der Waals surface area contributed by atoms with Gasteiger partial charge in [0.05, 0.1) is 5.54 Å². The van der Waals surface area contributed by atoms with Gasteiger partial charge in [-0.25, -0.2) is 0 Å². The number of benzene rings is 1. The summed E-state index contributed by atoms with van der Waals surface area (Å²) >= 11 is 0. The van der Waals surface area contributed by atoms with E-state index in [0.29, 0.717) is 11.1 Å². The summed E-state index contributed by atoms with van der Waals surface area (Å²) in [6.45, 7) is 1.88. The molecule has 100 valence electrons. The SMILES string of the molecule is CC1(CC(=O)c2cccnc2)NC(=O)c2ccccc21. The minimum absolute atomic E-state index is 0.0300. The lowest BCUT2D eigenvalue weighted by Crippen LogP contribution is -2.38. The molecule has 0 bridgehead atoms. The van der Waals surface area contributed by atoms with Crippen LogP contribution in [0.5, 0.6) is 0 Å². The maximum Gasteiger partial charge on any atom is 0.252 e. The molecule has 0 spiro atoms. The van der Waals surface area contributed by atoms with E-state index < -0.39 is 5.54 Å². The highest BCUT2D eigenvalue weighted by atomic mass is 16.2. The average Bonchev–Trinajstić information content (AvgIpc) is 2.72. The van der Waals surface area contributed by atoms with Crippen LogP contribution in [0.4, 0.5) is 0 Å². The van der Waals surface area contributed by atoms with Crippen LogP contribution in [0, 0.1) is 0 Å². The molecule has 20 heavy (non-hydrogen) atoms. The molecular weight excluding hydrogens is 252 g/mol. The highest BCUT2D eigenvalue weighted by molar-refractivity contribution is 6.02. The Kier molecular flexibility index (Phi) is 2.86. The molecule has 1 aromatic carbocycles. The molecule has 1 aliphatic heterocycles. The summed E-state index contributed by atoms with van der Waals surface area (Å²) in [6.07, 6.45) is 3.40. The zero-order chi connectivity index (χ0) is 14.2. The predicted molar refractivity (Wildman–Crippen MR) is 74.4 cm³/mol. The number of carbonyl (C=O) groups is 2. The number of amides is 1. The van der Waals surface area contributed by atoms with E-state index in [0.717, 1.165) is 5.56 Å². The summed E-state index contributed by atoms with van der Waals surface area (Å²) in [4.78, 5) is 28.2. The van der Waals surface area contributed by atoms with Crippen molar-refractivity contribution in [1.29, 1.82) is 0 Å². The lowest BCUT2D eigenvalue weighted by molar-refractivity contribution is 0.0894. The number of aromatic nitrogens is 1. The highest BCUT2D eigenvalue weighted by Crippen LogP contribution is 2.34. The molecule has 0 saturated heterocycles. The van der Waals surface area contributed by atoms with Gasteiger partial charge < -0.3 is 5.32 Å². The van der Waals surface area contributed by atoms with Gasteiger partial charge in [0, 0.05) is 29.9 Å². The van der Waals surface area contributed by atoms with Crippen molar-refractivity contribution >= 4 is 11.7 Å². The number of hydrogen-bond acceptors (Lipinski definition) is 3. The third-order valence-corrected chi connectivity index (χ3v) is 3.65. The second-order valence-electron chi connectivity index (χ2n) is 5.17. The Balaban J connectivity index is 1.92. The van der Waals surface area contributed by atoms with E-state index in [1.165, 1.54) is 0 Å². The summed E-state index contributed by atoms with van der Waals surface area (Å²) in [5.74, 6) is -0.153. The number of nitrogens with zero attached hydrogens (tertiary/aromatic N) is 1. The Morgan fingerprint density at radius 1 is 1.25 bits per heavy atom. The first-order valence-electron chi connectivity index (χ1n) is 6.45. The topological polar surface area (TPSA) is 59.1 Å². The van der Waals surface area contributed by atoms with Gasteiger partial charge in [0.25, 0.3) is 5.91 Å². The van der Waals surface area contributed by atoms with Gasteiger partial charge in [-0.05, 0) is 30.7 Å². The molecule has 1 aromatic heterocycles. The number of carbonyl (C=O) groups excluding carboxylic acids is 2. The predicted octanol–water partition coefficient (Wildman–Crippen LogP) is 2.31. The third-order valence-electron chi connectivity index (χ3n) is 3.65. The van der Waals surface area contributed by atoms with Gasteiger partial charge in [0.2, 0.25) is 0 Å². The van der Waals surface area contributed by atoms with Gasteiger partial charge in [0.1, 0.15) is 0 Å². The molecule has 4 nitrogen and oxygen atoms in total. The lowest BCUT2D eigenvalue weighted by Gasteiger charge is -2.24. The molecule has 4 heteroatoms. The number of ketones is 1. The molecule has 0 aliphatic carbocycles. The number of rotatable bonds is 3. The molecule has 0 radical (unpaired) electrons. The maximum absolute atomic E-state index is 12.3. The number of pyridine rings is 1. The van der Waals surface area contributed by atoms with E-state index in [9.17, 15) is 9.59 Å². The van der Waals surface area contributed by atoms with Crippen LogP contribution < -0.4 is 5.32 Å². The molecule has 1 aliphatic rings. The fraction of sp³-hybridized carbons (Fsp3) is 0.188. The van der Waals surface area contributed by atoms with Crippen LogP contribution in [0.1, 0.15) is 39.6 Å². The largest absolute Gasteiger partial charge is 0.342 e. The van der Waals surface area contributed by atoms with Gasteiger partial charge in [-0.2, -0.15) is 0 Å². The minimum atomic E-state index is -0.652. The number of fused-ring (bicyclic) bond motifs is 1. The third kappa shape index (κ3) is 1.99. The van der Waals surface area contributed by atoms with Crippen LogP contribution >= 0.6 is 0 Å². The first-order chi connectivity index (χ1) is 9.60. The molecule has 2 aromatic rings. The van der Waals surface area contributed by atoms with E-state index in [1.807, 2.05) is 25.1 Å². The number of hydrogen-bond donors (Lipinski definition) is 1. The van der Waals surface area contributed by atoms with Gasteiger partial charge in [-0.3, -0.25) is 14.6 Å². The van der Waals surface area contributed by atoms with Gasteiger partial charge >= 0.3 is 0 Å². The fourth-order valence-corrected chi connectivity index (χ4v) is 2.64. The lowest BCUT2D eigenvalue weighted by atomic mass is 9.86. The van der Waals surface area contributed by atoms with Crippen molar-refractivity contribution in [2.75, 3.05) is 0 Å². The smallest absolute Gasteiger partial charge is 0.252 e. The van der Waals surface area contributed by atoms with Crippen molar-refractivity contribution in [2.24, 2.45) is 0 Å². The van der Waals surface area contributed by atoms with Crippen molar-refractivity contribution in [1.82, 2.24) is 10.3 Å². The Morgan fingerprint density at radius 3 is 2.80 bits per heavy atom. The van der Waals surface area contributed by atoms with E-state index >= 15 is 0 Å². The van der Waals surface area contributed by atoms with Gasteiger partial charge in [0.15, 0.2) is 5.78 Å². The Morgan fingerprint density at radius 2 is 2.05 bits per heavy atom. The maximum atomic E-state index is 12.3. The van der Waals surface area contributed by atoms with Crippen molar-refractivity contribution in [3.05, 3.63) is 65.5 Å². The van der Waals surface area contributed by atoms with Crippen molar-refractivity contribution in [3.63, 3.8) is 0 Å². The summed E-state index contributed by atoms with van der Waals surface area (Å²) in [5, 5.41) is 2.92. The van der Waals surface area contributed by atoms with Crippen molar-refractivity contribution < 1.29 is 9.59 Å². The first kappa shape index (κ1) is 12.5. The van der Waals surface area contributed by atoms with Crippen LogP contribution in [0.15, 0.2) is 48.8 Å². The normalized spacial score (nSPS) is 20.4. The average molecular weight is 266 g/mol. The molecule has 1 amide bonds. The molecule has 1 unspecified atom stereocenters. The Labute approximate surface area is 116 Å². The summed E-state index contributed by atoms with van der Waals surface area (Å²) < 4.78 is 0. The molecule has 1 N–H and O–H groups in total. The molecule has 2 heterocycles. The van der Waals surface area contributed by atoms with Gasteiger partial charge in [-0.1, -0.05) is 18.2 Å². The Hall–Kier alpha value is -2.49. The zero-order valence-corrected chi connectivity index (χ0v) is 11.1. The Bertz CT molecular complexity index is 682. The monoisotopic (exact) mass is 266 g/mol. The molecular formula is C16H14N2O2. The van der Waals surface area contributed by atoms with E-state index in [2.05, 4.69) is 10.3 Å². The summed E-state index contributed by atoms with van der Waals surface area (Å²) in [5.41, 5.74) is 1.43. The summed E-state index contributed by atoms with van der Waals surface area (Å²) in [6, 6.07) is 10.9. The van der Waals surface area contributed by atoms with E-state index in [-0.39, 0.29) is 18.1 Å². The van der Waals surface area contributed by atoms with Crippen LogP contribution in [0.3, 0.4) is 0 Å². The van der Waals surface area contributed by atoms with Crippen molar-refractivity contribution in [3.8, 4) is 0 Å². The molecule has 0 fully saturated rings. The number of Topliss-reactive ketones (excluding diaryl/α,β-unsaturated/α-hetero) is 1. The zero-order valence-electron chi connectivity index (χ0n) is 11.1. The van der Waals surface area contributed by atoms with Crippen LogP contribution in [-0.2, 0) is 5.54 Å². The van der Waals surface area contributed by atoms with Crippen LogP contribution in [0.25, 0.3) is 0 Å². The van der Waals surface area contributed by atoms with Crippen molar-refractivity contribution in [2.45, 2.75) is 18.9 Å². The van der Waals surface area contributed by atoms with E-state index in [4.69, 9.17) is 0 Å². The van der Waals surface area contributed by atoms with E-state index in [1.54, 1.807) is 30.6 Å². The van der Waals surface area contributed by atoms with Crippen LogP contribution in [0.2, 0.25) is 0 Å². The van der Waals surface area contributed by atoms with Crippen LogP contribution in [-0.4, -0.2) is 16.7 Å². The standard InChI is InChI=1S/C16H14N2O2/c1-16(9-14(19)11-5-4-8-17-10-11)13-7-3-2-6-12(13)15(20)18-16/h2-8,10H,9H2,1H3,(H,18,20). The molecule has 3 rings (SSSR count). The fourth-order valence-electron chi connectivity index (χ4n) is 2.64.